The van der Waals surface area contributed by atoms with E-state index >= 15 is 0 Å². The average molecular weight is 415 g/mol. The Labute approximate surface area is 177 Å². The Morgan fingerprint density at radius 2 is 1.74 bits per heavy atom. The van der Waals surface area contributed by atoms with Gasteiger partial charge in [0.25, 0.3) is 17.5 Å². The number of nitrogens with zero attached hydrogens (tertiary/aromatic N) is 2. The smallest absolute Gasteiger partial charge is 0.282 e. The minimum absolute atomic E-state index is 0.00619. The number of nitro benzene ring substituents is 1. The zero-order valence-corrected chi connectivity index (χ0v) is 16.2. The van der Waals surface area contributed by atoms with Crippen molar-refractivity contribution in [2.45, 2.75) is 6.61 Å². The molecule has 3 aromatic carbocycles. The van der Waals surface area contributed by atoms with Gasteiger partial charge in [-0.05, 0) is 41.5 Å². The summed E-state index contributed by atoms with van der Waals surface area (Å²) >= 11 is 0. The SMILES string of the molecule is O=C1NN(c2ccccc2)C(=O)/C1=C\c1cccc(OCc2cccc([N+](=O)[O-])c2)c1. The molecule has 1 fully saturated rings. The number of amides is 2. The van der Waals surface area contributed by atoms with Crippen molar-refractivity contribution in [3.63, 3.8) is 0 Å². The lowest BCUT2D eigenvalue weighted by atomic mass is 10.1. The maximum atomic E-state index is 12.7. The number of nitrogens with one attached hydrogen (secondary N) is 1. The second-order valence-corrected chi connectivity index (χ2v) is 6.76. The molecule has 2 amide bonds. The molecule has 3 aromatic rings. The number of para-hydroxylation sites is 1. The molecule has 8 heteroatoms. The Kier molecular flexibility index (Phi) is 5.44. The number of nitro groups is 1. The van der Waals surface area contributed by atoms with Crippen LogP contribution in [0.3, 0.4) is 0 Å². The van der Waals surface area contributed by atoms with Gasteiger partial charge in [-0.2, -0.15) is 0 Å². The quantitative estimate of drug-likeness (QED) is 0.287. The van der Waals surface area contributed by atoms with Crippen molar-refractivity contribution >= 4 is 29.3 Å². The van der Waals surface area contributed by atoms with Crippen LogP contribution >= 0.6 is 0 Å². The number of benzene rings is 3. The van der Waals surface area contributed by atoms with Gasteiger partial charge in [-0.15, -0.1) is 0 Å². The summed E-state index contributed by atoms with van der Waals surface area (Å²) in [5, 5.41) is 12.1. The number of hydrogen-bond acceptors (Lipinski definition) is 5. The van der Waals surface area contributed by atoms with E-state index in [1.807, 2.05) is 6.07 Å². The highest BCUT2D eigenvalue weighted by atomic mass is 16.6. The molecule has 1 aliphatic rings. The number of non-ortho nitro benzene ring substituents is 1. The Morgan fingerprint density at radius 3 is 2.52 bits per heavy atom. The van der Waals surface area contributed by atoms with Gasteiger partial charge >= 0.3 is 0 Å². The summed E-state index contributed by atoms with van der Waals surface area (Å²) in [6, 6.07) is 21.9. The molecule has 0 radical (unpaired) electrons. The maximum Gasteiger partial charge on any atom is 0.282 e. The van der Waals surface area contributed by atoms with Crippen molar-refractivity contribution in [1.82, 2.24) is 5.43 Å². The van der Waals surface area contributed by atoms with Gasteiger partial charge in [0.05, 0.1) is 10.6 Å². The Balaban J connectivity index is 1.50. The first kappa shape index (κ1) is 19.8. The van der Waals surface area contributed by atoms with E-state index in [-0.39, 0.29) is 17.9 Å². The van der Waals surface area contributed by atoms with Gasteiger partial charge in [0.1, 0.15) is 17.9 Å². The standard InChI is InChI=1S/C23H17N3O5/c27-22-21(23(28)25(24-22)18-8-2-1-3-9-18)14-16-6-5-11-20(13-16)31-15-17-7-4-10-19(12-17)26(29)30/h1-14H,15H2,(H,24,27)/b21-14-. The molecule has 4 rings (SSSR count). The lowest BCUT2D eigenvalue weighted by Gasteiger charge is -2.13. The Morgan fingerprint density at radius 1 is 0.968 bits per heavy atom. The second kappa shape index (κ2) is 8.50. The largest absolute Gasteiger partial charge is 0.489 e. The summed E-state index contributed by atoms with van der Waals surface area (Å²) in [6.07, 6.45) is 1.50. The van der Waals surface area contributed by atoms with Crippen LogP contribution in [0.4, 0.5) is 11.4 Å². The molecule has 0 aromatic heterocycles. The van der Waals surface area contributed by atoms with Gasteiger partial charge in [-0.1, -0.05) is 42.5 Å². The number of hydrogen-bond donors (Lipinski definition) is 1. The van der Waals surface area contributed by atoms with Gasteiger partial charge in [-0.3, -0.25) is 25.1 Å². The van der Waals surface area contributed by atoms with Gasteiger partial charge in [0.15, 0.2) is 0 Å². The molecule has 0 spiro atoms. The minimum Gasteiger partial charge on any atom is -0.489 e. The minimum atomic E-state index is -0.489. The zero-order valence-electron chi connectivity index (χ0n) is 16.2. The molecule has 1 saturated heterocycles. The molecule has 1 N–H and O–H groups in total. The van der Waals surface area contributed by atoms with Gasteiger partial charge in [0, 0.05) is 12.1 Å². The molecule has 1 aliphatic heterocycles. The summed E-state index contributed by atoms with van der Waals surface area (Å²) in [6.45, 7) is 0.142. The summed E-state index contributed by atoms with van der Waals surface area (Å²) in [5.74, 6) is -0.428. The van der Waals surface area contributed by atoms with Crippen molar-refractivity contribution < 1.29 is 19.2 Å². The number of anilines is 1. The molecule has 0 aliphatic carbocycles. The molecule has 1 heterocycles. The van der Waals surface area contributed by atoms with E-state index in [0.717, 1.165) is 0 Å². The first-order chi connectivity index (χ1) is 15.0. The normalized spacial score (nSPS) is 14.6. The monoisotopic (exact) mass is 415 g/mol. The molecule has 0 saturated carbocycles. The summed E-state index contributed by atoms with van der Waals surface area (Å²) in [5.41, 5.74) is 4.40. The fourth-order valence-corrected chi connectivity index (χ4v) is 3.10. The van der Waals surface area contributed by atoms with Gasteiger partial charge in [0.2, 0.25) is 0 Å². The summed E-state index contributed by atoms with van der Waals surface area (Å²) in [7, 11) is 0. The molecule has 0 bridgehead atoms. The van der Waals surface area contributed by atoms with Crippen LogP contribution in [-0.4, -0.2) is 16.7 Å². The van der Waals surface area contributed by atoms with Crippen molar-refractivity contribution in [1.29, 1.82) is 0 Å². The average Bonchev–Trinajstić information content (AvgIpc) is 3.07. The number of carbonyl (C=O) groups excluding carboxylic acids is 2. The zero-order chi connectivity index (χ0) is 21.8. The van der Waals surface area contributed by atoms with Crippen LogP contribution < -0.4 is 15.2 Å². The maximum absolute atomic E-state index is 12.7. The van der Waals surface area contributed by atoms with Gasteiger partial charge in [-0.25, -0.2) is 5.01 Å². The predicted molar refractivity (Wildman–Crippen MR) is 114 cm³/mol. The lowest BCUT2D eigenvalue weighted by molar-refractivity contribution is -0.384. The van der Waals surface area contributed by atoms with E-state index in [4.69, 9.17) is 4.74 Å². The fourth-order valence-electron chi connectivity index (χ4n) is 3.10. The van der Waals surface area contributed by atoms with Crippen LogP contribution in [0.5, 0.6) is 5.75 Å². The Bertz CT molecular complexity index is 1190. The highest BCUT2D eigenvalue weighted by Crippen LogP contribution is 2.23. The topological polar surface area (TPSA) is 102 Å². The van der Waals surface area contributed by atoms with E-state index in [2.05, 4.69) is 5.43 Å². The van der Waals surface area contributed by atoms with Crippen molar-refractivity contribution in [3.8, 4) is 5.75 Å². The van der Waals surface area contributed by atoms with E-state index in [0.29, 0.717) is 22.6 Å². The third kappa shape index (κ3) is 4.43. The molecule has 31 heavy (non-hydrogen) atoms. The molecular weight excluding hydrogens is 398 g/mol. The van der Waals surface area contributed by atoms with Crippen LogP contribution in [0.15, 0.2) is 84.4 Å². The third-order valence-corrected chi connectivity index (χ3v) is 4.60. The van der Waals surface area contributed by atoms with E-state index in [9.17, 15) is 19.7 Å². The first-order valence-corrected chi connectivity index (χ1v) is 9.39. The highest BCUT2D eigenvalue weighted by Gasteiger charge is 2.34. The van der Waals surface area contributed by atoms with Crippen LogP contribution in [0.25, 0.3) is 6.08 Å². The number of carbonyl (C=O) groups is 2. The van der Waals surface area contributed by atoms with E-state index in [1.165, 1.54) is 23.2 Å². The second-order valence-electron chi connectivity index (χ2n) is 6.76. The lowest BCUT2D eigenvalue weighted by Crippen LogP contribution is -2.35. The predicted octanol–water partition coefficient (Wildman–Crippen LogP) is 3.64. The van der Waals surface area contributed by atoms with Crippen LogP contribution in [0, 0.1) is 10.1 Å². The first-order valence-electron chi connectivity index (χ1n) is 9.39. The molecule has 154 valence electrons. The molecular formula is C23H17N3O5. The molecule has 0 atom stereocenters. The highest BCUT2D eigenvalue weighted by molar-refractivity contribution is 6.31. The van der Waals surface area contributed by atoms with Gasteiger partial charge < -0.3 is 4.74 Å². The molecule has 0 unspecified atom stereocenters. The van der Waals surface area contributed by atoms with Crippen molar-refractivity contribution in [2.75, 3.05) is 5.01 Å². The summed E-state index contributed by atoms with van der Waals surface area (Å²) in [4.78, 5) is 35.5. The van der Waals surface area contributed by atoms with E-state index < -0.39 is 16.7 Å². The van der Waals surface area contributed by atoms with Crippen molar-refractivity contribution in [3.05, 3.63) is 106 Å². The number of rotatable bonds is 6. The number of hydrazine groups is 1. The molecule has 8 nitrogen and oxygen atoms in total. The van der Waals surface area contributed by atoms with E-state index in [1.54, 1.807) is 60.7 Å². The fraction of sp³-hybridized carbons (Fsp3) is 0.0435. The van der Waals surface area contributed by atoms with Crippen LogP contribution in [0.1, 0.15) is 11.1 Å². The van der Waals surface area contributed by atoms with Crippen molar-refractivity contribution in [2.24, 2.45) is 0 Å². The third-order valence-electron chi connectivity index (χ3n) is 4.60. The summed E-state index contributed by atoms with van der Waals surface area (Å²) < 4.78 is 5.73. The van der Waals surface area contributed by atoms with Crippen LogP contribution in [-0.2, 0) is 16.2 Å². The Hall–Kier alpha value is -4.46. The van der Waals surface area contributed by atoms with Crippen LogP contribution in [0.2, 0.25) is 0 Å². The number of ether oxygens (including phenoxy) is 1.